The zero-order chi connectivity index (χ0) is 25.6. The third-order valence-electron chi connectivity index (χ3n) is 5.00. The monoisotopic (exact) mass is 558 g/mol. The first-order chi connectivity index (χ1) is 16.6. The zero-order valence-corrected chi connectivity index (χ0v) is 22.2. The van der Waals surface area contributed by atoms with Crippen LogP contribution in [0.1, 0.15) is 12.5 Å². The van der Waals surface area contributed by atoms with Gasteiger partial charge in [-0.05, 0) is 76.9 Å². The highest BCUT2D eigenvalue weighted by atomic mass is 79.9. The summed E-state index contributed by atoms with van der Waals surface area (Å²) >= 11 is 3.51. The number of nitrogens with one attached hydrogen (secondary N) is 1. The van der Waals surface area contributed by atoms with Crippen LogP contribution in [0.3, 0.4) is 0 Å². The van der Waals surface area contributed by atoms with Crippen molar-refractivity contribution in [3.05, 3.63) is 82.8 Å². The molecule has 184 valence electrons. The zero-order valence-electron chi connectivity index (χ0n) is 19.8. The normalized spacial score (nSPS) is 12.3. The van der Waals surface area contributed by atoms with Gasteiger partial charge in [0, 0.05) is 18.6 Å². The Balaban J connectivity index is 1.71. The maximum Gasteiger partial charge on any atom is 0.263 e. The minimum absolute atomic E-state index is 0.336. The summed E-state index contributed by atoms with van der Waals surface area (Å²) in [4.78, 5) is 14.7. The summed E-state index contributed by atoms with van der Waals surface area (Å²) in [5.74, 6) is 0.635. The van der Waals surface area contributed by atoms with E-state index in [1.165, 1.54) is 13.1 Å². The van der Waals surface area contributed by atoms with Crippen molar-refractivity contribution in [1.82, 2.24) is 5.43 Å². The quantitative estimate of drug-likeness (QED) is 0.306. The highest BCUT2D eigenvalue weighted by Crippen LogP contribution is 2.27. The van der Waals surface area contributed by atoms with Crippen LogP contribution in [0.4, 0.5) is 11.4 Å². The lowest BCUT2D eigenvalue weighted by Crippen LogP contribution is -2.46. The second-order valence-corrected chi connectivity index (χ2v) is 10.7. The van der Waals surface area contributed by atoms with Crippen LogP contribution < -0.4 is 19.4 Å². The maximum atomic E-state index is 12.7. The molecule has 0 aliphatic heterocycles. The van der Waals surface area contributed by atoms with E-state index in [2.05, 4.69) is 26.5 Å². The van der Waals surface area contributed by atoms with Crippen LogP contribution in [0.25, 0.3) is 0 Å². The molecular weight excluding hydrogens is 532 g/mol. The fourth-order valence-corrected chi connectivity index (χ4v) is 5.25. The van der Waals surface area contributed by atoms with Gasteiger partial charge >= 0.3 is 0 Å². The summed E-state index contributed by atoms with van der Waals surface area (Å²) < 4.78 is 32.8. The van der Waals surface area contributed by atoms with Crippen molar-refractivity contribution in [3.8, 4) is 11.5 Å². The lowest BCUT2D eigenvalue weighted by Gasteiger charge is -2.27. The fraction of sp³-hybridized carbons (Fsp3) is 0.200. The number of carbonyl (C=O) groups is 1. The number of rotatable bonds is 9. The smallest absolute Gasteiger partial charge is 0.263 e. The Bertz CT molecular complexity index is 1300. The number of hydrogen-bond donors (Lipinski definition) is 1. The Hall–Kier alpha value is -3.37. The van der Waals surface area contributed by atoms with Crippen molar-refractivity contribution in [2.24, 2.45) is 5.10 Å². The van der Waals surface area contributed by atoms with E-state index in [1.54, 1.807) is 24.3 Å². The van der Waals surface area contributed by atoms with Crippen LogP contribution >= 0.6 is 15.9 Å². The topological polar surface area (TPSA) is 91.3 Å². The highest BCUT2D eigenvalue weighted by Gasteiger charge is 2.29. The molecule has 10 heteroatoms. The minimum Gasteiger partial charge on any atom is -0.457 e. The molecular formula is C25H27BrN4O4S. The van der Waals surface area contributed by atoms with Gasteiger partial charge in [-0.25, -0.2) is 13.8 Å². The van der Waals surface area contributed by atoms with Gasteiger partial charge in [0.1, 0.15) is 17.5 Å². The van der Waals surface area contributed by atoms with Crippen LogP contribution in [0.2, 0.25) is 0 Å². The van der Waals surface area contributed by atoms with Crippen LogP contribution in [0.5, 0.6) is 11.5 Å². The fourth-order valence-electron chi connectivity index (χ4n) is 3.32. The van der Waals surface area contributed by atoms with Crippen molar-refractivity contribution in [2.45, 2.75) is 13.0 Å². The van der Waals surface area contributed by atoms with E-state index in [9.17, 15) is 13.2 Å². The molecule has 0 unspecified atom stereocenters. The maximum absolute atomic E-state index is 12.7. The number of amides is 1. The number of hydrazone groups is 1. The van der Waals surface area contributed by atoms with Gasteiger partial charge in [0.15, 0.2) is 0 Å². The number of para-hydroxylation sites is 1. The molecule has 0 aliphatic rings. The molecule has 0 aliphatic carbocycles. The number of nitrogens with zero attached hydrogens (tertiary/aromatic N) is 3. The van der Waals surface area contributed by atoms with Gasteiger partial charge in [0.2, 0.25) is 10.0 Å². The van der Waals surface area contributed by atoms with Crippen LogP contribution in [-0.2, 0) is 14.8 Å². The summed E-state index contributed by atoms with van der Waals surface area (Å²) in [5.41, 5.74) is 4.54. The SMILES string of the molecule is C[C@@H](C(=O)N/N=C\c1ccc(N(C)C)c(Br)c1)N(c1ccc(Oc2ccccc2)cc1)S(C)(=O)=O. The molecule has 3 aromatic carbocycles. The number of hydrogen-bond acceptors (Lipinski definition) is 6. The number of benzene rings is 3. The number of carbonyl (C=O) groups excluding carboxylic acids is 1. The summed E-state index contributed by atoms with van der Waals surface area (Å²) in [5, 5.41) is 4.00. The molecule has 1 N–H and O–H groups in total. The van der Waals surface area contributed by atoms with Crippen molar-refractivity contribution < 1.29 is 17.9 Å². The van der Waals surface area contributed by atoms with E-state index in [1.807, 2.05) is 67.5 Å². The van der Waals surface area contributed by atoms with E-state index in [0.29, 0.717) is 17.2 Å². The van der Waals surface area contributed by atoms with Gasteiger partial charge < -0.3 is 9.64 Å². The summed E-state index contributed by atoms with van der Waals surface area (Å²) in [6.45, 7) is 1.50. The molecule has 1 amide bonds. The Morgan fingerprint density at radius 2 is 1.66 bits per heavy atom. The van der Waals surface area contributed by atoms with E-state index >= 15 is 0 Å². The molecule has 0 aromatic heterocycles. The predicted octanol–water partition coefficient (Wildman–Crippen LogP) is 4.61. The Labute approximate surface area is 214 Å². The summed E-state index contributed by atoms with van der Waals surface area (Å²) in [7, 11) is 0.114. The van der Waals surface area contributed by atoms with Crippen molar-refractivity contribution >= 4 is 49.4 Å². The molecule has 3 rings (SSSR count). The van der Waals surface area contributed by atoms with Crippen LogP contribution in [0, 0.1) is 0 Å². The first kappa shape index (κ1) is 26.2. The van der Waals surface area contributed by atoms with Gasteiger partial charge in [-0.15, -0.1) is 0 Å². The Morgan fingerprint density at radius 3 is 2.23 bits per heavy atom. The molecule has 0 saturated heterocycles. The molecule has 3 aromatic rings. The largest absolute Gasteiger partial charge is 0.457 e. The Morgan fingerprint density at radius 1 is 1.03 bits per heavy atom. The first-order valence-electron chi connectivity index (χ1n) is 10.7. The molecule has 0 spiro atoms. The van der Waals surface area contributed by atoms with Gasteiger partial charge in [0.05, 0.1) is 23.8 Å². The average molecular weight is 559 g/mol. The minimum atomic E-state index is -3.76. The van der Waals surface area contributed by atoms with Gasteiger partial charge in [-0.2, -0.15) is 5.10 Å². The molecule has 1 atom stereocenters. The molecule has 0 bridgehead atoms. The average Bonchev–Trinajstić information content (AvgIpc) is 2.80. The van der Waals surface area contributed by atoms with Crippen molar-refractivity contribution in [2.75, 3.05) is 29.6 Å². The van der Waals surface area contributed by atoms with Gasteiger partial charge in [0.25, 0.3) is 5.91 Å². The van der Waals surface area contributed by atoms with Crippen LogP contribution in [0.15, 0.2) is 82.4 Å². The van der Waals surface area contributed by atoms with E-state index in [-0.39, 0.29) is 0 Å². The number of sulfonamides is 1. The first-order valence-corrected chi connectivity index (χ1v) is 13.3. The number of ether oxygens (including phenoxy) is 1. The molecule has 0 heterocycles. The van der Waals surface area contributed by atoms with Gasteiger partial charge in [-0.3, -0.25) is 9.10 Å². The van der Waals surface area contributed by atoms with E-state index in [4.69, 9.17) is 4.74 Å². The molecule has 0 fully saturated rings. The second-order valence-electron chi connectivity index (χ2n) is 7.98. The molecule has 35 heavy (non-hydrogen) atoms. The standard InChI is InChI=1S/C25H27BrN4O4S/c1-18(25(31)28-27-17-19-10-15-24(29(2)3)23(26)16-19)30(35(4,32)33)20-11-13-22(14-12-20)34-21-8-6-5-7-9-21/h5-18H,1-4H3,(H,28,31)/b27-17-/t18-/m0/s1. The molecule has 0 saturated carbocycles. The lowest BCUT2D eigenvalue weighted by atomic mass is 10.2. The van der Waals surface area contributed by atoms with Crippen LogP contribution in [-0.4, -0.2) is 46.9 Å². The molecule has 0 radical (unpaired) electrons. The summed E-state index contributed by atoms with van der Waals surface area (Å²) in [6.07, 6.45) is 2.55. The summed E-state index contributed by atoms with van der Waals surface area (Å²) in [6, 6.07) is 20.3. The molecule has 8 nitrogen and oxygen atoms in total. The second kappa shape index (κ2) is 11.4. The lowest BCUT2D eigenvalue weighted by molar-refractivity contribution is -0.121. The number of anilines is 2. The highest BCUT2D eigenvalue weighted by molar-refractivity contribution is 9.10. The van der Waals surface area contributed by atoms with E-state index < -0.39 is 22.0 Å². The number of halogens is 1. The van der Waals surface area contributed by atoms with Crippen molar-refractivity contribution in [1.29, 1.82) is 0 Å². The third-order valence-corrected chi connectivity index (χ3v) is 6.88. The predicted molar refractivity (Wildman–Crippen MR) is 144 cm³/mol. The van der Waals surface area contributed by atoms with Gasteiger partial charge in [-0.1, -0.05) is 24.3 Å². The third kappa shape index (κ3) is 7.06. The Kier molecular flexibility index (Phi) is 8.52. The van der Waals surface area contributed by atoms with Crippen molar-refractivity contribution in [3.63, 3.8) is 0 Å². The van der Waals surface area contributed by atoms with E-state index in [0.717, 1.165) is 26.3 Å².